The van der Waals surface area contributed by atoms with Gasteiger partial charge in [-0.1, -0.05) is 24.3 Å². The molecule has 0 saturated carbocycles. The second-order valence-electron chi connectivity index (χ2n) is 7.33. The second kappa shape index (κ2) is 12.5. The summed E-state index contributed by atoms with van der Waals surface area (Å²) in [5.74, 6) is 0.0510. The van der Waals surface area contributed by atoms with Gasteiger partial charge in [-0.05, 0) is 80.2 Å². The SMILES string of the molecule is CCOCCOc1cccc(C(=O)NC(=S)Nc2ccc(NC(=O)c3ccccc3C)cc2)c1. The molecule has 0 aliphatic carbocycles. The third-order valence-corrected chi connectivity index (χ3v) is 5.02. The Morgan fingerprint density at radius 1 is 0.853 bits per heavy atom. The lowest BCUT2D eigenvalue weighted by Gasteiger charge is -2.12. The van der Waals surface area contributed by atoms with E-state index in [4.69, 9.17) is 21.7 Å². The van der Waals surface area contributed by atoms with E-state index in [-0.39, 0.29) is 16.9 Å². The van der Waals surface area contributed by atoms with Crippen molar-refractivity contribution in [3.8, 4) is 5.75 Å². The summed E-state index contributed by atoms with van der Waals surface area (Å²) in [6, 6.07) is 21.3. The summed E-state index contributed by atoms with van der Waals surface area (Å²) in [5.41, 5.74) is 3.27. The maximum absolute atomic E-state index is 12.5. The summed E-state index contributed by atoms with van der Waals surface area (Å²) in [6.45, 7) is 5.32. The van der Waals surface area contributed by atoms with E-state index in [1.54, 1.807) is 54.6 Å². The van der Waals surface area contributed by atoms with Crippen LogP contribution in [0.2, 0.25) is 0 Å². The predicted molar refractivity (Wildman–Crippen MR) is 138 cm³/mol. The van der Waals surface area contributed by atoms with Crippen molar-refractivity contribution in [3.63, 3.8) is 0 Å². The van der Waals surface area contributed by atoms with Crippen molar-refractivity contribution < 1.29 is 19.1 Å². The number of rotatable bonds is 9. The van der Waals surface area contributed by atoms with Crippen molar-refractivity contribution >= 4 is 40.5 Å². The Hall–Kier alpha value is -3.75. The quantitative estimate of drug-likeness (QED) is 0.303. The molecule has 0 radical (unpaired) electrons. The molecule has 2 amide bonds. The average molecular weight is 478 g/mol. The molecule has 0 saturated heterocycles. The number of carbonyl (C=O) groups excluding carboxylic acids is 2. The molecule has 3 aromatic rings. The molecule has 7 nitrogen and oxygen atoms in total. The Labute approximate surface area is 204 Å². The van der Waals surface area contributed by atoms with Crippen molar-refractivity contribution in [1.29, 1.82) is 0 Å². The van der Waals surface area contributed by atoms with Gasteiger partial charge in [0.15, 0.2) is 5.11 Å². The summed E-state index contributed by atoms with van der Waals surface area (Å²) < 4.78 is 10.8. The Balaban J connectivity index is 1.51. The van der Waals surface area contributed by atoms with Crippen LogP contribution in [-0.2, 0) is 4.74 Å². The molecule has 0 aromatic heterocycles. The largest absolute Gasteiger partial charge is 0.491 e. The van der Waals surface area contributed by atoms with Gasteiger partial charge in [0.25, 0.3) is 11.8 Å². The van der Waals surface area contributed by atoms with Crippen LogP contribution in [0.1, 0.15) is 33.2 Å². The van der Waals surface area contributed by atoms with Crippen LogP contribution in [0, 0.1) is 6.92 Å². The standard InChI is InChI=1S/C26H27N3O4S/c1-3-32-15-16-33-22-9-6-8-19(17-22)24(30)29-26(34)28-21-13-11-20(12-14-21)27-25(31)23-10-5-4-7-18(23)2/h4-14,17H,3,15-16H2,1-2H3,(H,27,31)(H2,28,29,30,34). The number of benzene rings is 3. The summed E-state index contributed by atoms with van der Waals surface area (Å²) in [6.07, 6.45) is 0. The van der Waals surface area contributed by atoms with Gasteiger partial charge in [0.05, 0.1) is 6.61 Å². The number of hydrogen-bond acceptors (Lipinski definition) is 5. The van der Waals surface area contributed by atoms with Crippen LogP contribution in [0.25, 0.3) is 0 Å². The van der Waals surface area contributed by atoms with Gasteiger partial charge in [-0.3, -0.25) is 14.9 Å². The van der Waals surface area contributed by atoms with E-state index in [0.717, 1.165) is 5.56 Å². The lowest BCUT2D eigenvalue weighted by atomic mass is 10.1. The maximum atomic E-state index is 12.5. The van der Waals surface area contributed by atoms with E-state index in [0.29, 0.717) is 48.1 Å². The van der Waals surface area contributed by atoms with Gasteiger partial charge in [-0.2, -0.15) is 0 Å². The van der Waals surface area contributed by atoms with Crippen LogP contribution in [0.5, 0.6) is 5.75 Å². The van der Waals surface area contributed by atoms with Crippen molar-refractivity contribution in [1.82, 2.24) is 5.32 Å². The predicted octanol–water partition coefficient (Wildman–Crippen LogP) is 4.79. The molecule has 0 fully saturated rings. The molecule has 34 heavy (non-hydrogen) atoms. The zero-order chi connectivity index (χ0) is 24.3. The molecule has 0 atom stereocenters. The number of ether oxygens (including phenoxy) is 2. The molecular formula is C26H27N3O4S. The first kappa shape index (κ1) is 24.9. The van der Waals surface area contributed by atoms with Crippen molar-refractivity contribution in [2.24, 2.45) is 0 Å². The molecule has 3 aromatic carbocycles. The van der Waals surface area contributed by atoms with Crippen LogP contribution in [0.15, 0.2) is 72.8 Å². The monoisotopic (exact) mass is 477 g/mol. The van der Waals surface area contributed by atoms with Crippen LogP contribution >= 0.6 is 12.2 Å². The molecule has 0 spiro atoms. The number of amides is 2. The van der Waals surface area contributed by atoms with Crippen molar-refractivity contribution in [2.45, 2.75) is 13.8 Å². The van der Waals surface area contributed by atoms with Gasteiger partial charge < -0.3 is 20.1 Å². The Kier molecular flexibility index (Phi) is 9.13. The summed E-state index contributed by atoms with van der Waals surface area (Å²) in [4.78, 5) is 25.0. The highest BCUT2D eigenvalue weighted by Crippen LogP contribution is 2.17. The number of carbonyl (C=O) groups is 2. The average Bonchev–Trinajstić information content (AvgIpc) is 2.83. The van der Waals surface area contributed by atoms with Gasteiger partial charge in [0, 0.05) is 29.1 Å². The molecule has 0 bridgehead atoms. The van der Waals surface area contributed by atoms with Gasteiger partial charge in [0.1, 0.15) is 12.4 Å². The minimum atomic E-state index is -0.352. The third kappa shape index (κ3) is 7.40. The van der Waals surface area contributed by atoms with Crippen LogP contribution in [-0.4, -0.2) is 36.7 Å². The highest BCUT2D eigenvalue weighted by molar-refractivity contribution is 7.80. The first-order valence-electron chi connectivity index (χ1n) is 10.9. The Morgan fingerprint density at radius 2 is 1.56 bits per heavy atom. The Bertz CT molecular complexity index is 1150. The minimum absolute atomic E-state index is 0.157. The number of thiocarbonyl (C=S) groups is 1. The van der Waals surface area contributed by atoms with Crippen molar-refractivity contribution in [2.75, 3.05) is 30.5 Å². The van der Waals surface area contributed by atoms with Crippen molar-refractivity contribution in [3.05, 3.63) is 89.5 Å². The third-order valence-electron chi connectivity index (χ3n) is 4.81. The van der Waals surface area contributed by atoms with E-state index >= 15 is 0 Å². The fourth-order valence-electron chi connectivity index (χ4n) is 3.09. The summed E-state index contributed by atoms with van der Waals surface area (Å²) in [5, 5.41) is 8.65. The van der Waals surface area contributed by atoms with Gasteiger partial charge in [0.2, 0.25) is 0 Å². The molecule has 0 heterocycles. The molecular weight excluding hydrogens is 450 g/mol. The summed E-state index contributed by atoms with van der Waals surface area (Å²) >= 11 is 5.26. The first-order valence-corrected chi connectivity index (χ1v) is 11.3. The molecule has 0 aliphatic heterocycles. The lowest BCUT2D eigenvalue weighted by molar-refractivity contribution is 0.0974. The molecule has 0 unspecified atom stereocenters. The topological polar surface area (TPSA) is 88.7 Å². The van der Waals surface area contributed by atoms with Gasteiger partial charge >= 0.3 is 0 Å². The highest BCUT2D eigenvalue weighted by Gasteiger charge is 2.11. The highest BCUT2D eigenvalue weighted by atomic mass is 32.1. The van der Waals surface area contributed by atoms with Gasteiger partial charge in [-0.25, -0.2) is 0 Å². The van der Waals surface area contributed by atoms with E-state index in [9.17, 15) is 9.59 Å². The number of hydrogen-bond donors (Lipinski definition) is 3. The normalized spacial score (nSPS) is 10.3. The fraction of sp³-hybridized carbons (Fsp3) is 0.192. The molecule has 3 rings (SSSR count). The first-order chi connectivity index (χ1) is 16.5. The molecule has 8 heteroatoms. The van der Waals surface area contributed by atoms with Crippen LogP contribution < -0.4 is 20.7 Å². The van der Waals surface area contributed by atoms with E-state index in [2.05, 4.69) is 16.0 Å². The van der Waals surface area contributed by atoms with Crippen LogP contribution in [0.3, 0.4) is 0 Å². The zero-order valence-corrected chi connectivity index (χ0v) is 19.9. The van der Waals surface area contributed by atoms with E-state index in [1.165, 1.54) is 0 Å². The van der Waals surface area contributed by atoms with E-state index < -0.39 is 0 Å². The number of nitrogens with one attached hydrogen (secondary N) is 3. The van der Waals surface area contributed by atoms with Gasteiger partial charge in [-0.15, -0.1) is 0 Å². The second-order valence-corrected chi connectivity index (χ2v) is 7.74. The smallest absolute Gasteiger partial charge is 0.257 e. The Morgan fingerprint density at radius 3 is 2.26 bits per heavy atom. The van der Waals surface area contributed by atoms with E-state index in [1.807, 2.05) is 32.0 Å². The minimum Gasteiger partial charge on any atom is -0.491 e. The molecule has 176 valence electrons. The zero-order valence-electron chi connectivity index (χ0n) is 19.1. The number of aryl methyl sites for hydroxylation is 1. The maximum Gasteiger partial charge on any atom is 0.257 e. The molecule has 0 aliphatic rings. The molecule has 3 N–H and O–H groups in total. The van der Waals surface area contributed by atoms with Crippen LogP contribution in [0.4, 0.5) is 11.4 Å². The summed E-state index contributed by atoms with van der Waals surface area (Å²) in [7, 11) is 0. The number of anilines is 2. The lowest BCUT2D eigenvalue weighted by Crippen LogP contribution is -2.34. The fourth-order valence-corrected chi connectivity index (χ4v) is 3.30.